The molecule has 1 aromatic carbocycles. The van der Waals surface area contributed by atoms with Crippen molar-refractivity contribution in [1.29, 1.82) is 0 Å². The van der Waals surface area contributed by atoms with Crippen LogP contribution in [0.4, 0.5) is 4.39 Å². The minimum Gasteiger partial charge on any atom is -0.352 e. The van der Waals surface area contributed by atoms with Crippen LogP contribution in [0.2, 0.25) is 0 Å². The lowest BCUT2D eigenvalue weighted by molar-refractivity contribution is -0.122. The van der Waals surface area contributed by atoms with Crippen molar-refractivity contribution in [2.24, 2.45) is 0 Å². The zero-order valence-electron chi connectivity index (χ0n) is 10.7. The highest BCUT2D eigenvalue weighted by molar-refractivity contribution is 5.96. The SMILES string of the molecule is CC(C)NC(=O)CN(C)C(=O)c1cccc(F)c1. The highest BCUT2D eigenvalue weighted by Gasteiger charge is 2.15. The van der Waals surface area contributed by atoms with Gasteiger partial charge in [0, 0.05) is 18.7 Å². The van der Waals surface area contributed by atoms with Gasteiger partial charge >= 0.3 is 0 Å². The fraction of sp³-hybridized carbons (Fsp3) is 0.385. The zero-order valence-corrected chi connectivity index (χ0v) is 10.7. The molecule has 0 unspecified atom stereocenters. The lowest BCUT2D eigenvalue weighted by Crippen LogP contribution is -2.40. The van der Waals surface area contributed by atoms with E-state index in [-0.39, 0.29) is 30.0 Å². The standard InChI is InChI=1S/C13H17FN2O2/c1-9(2)15-12(17)8-16(3)13(18)10-5-4-6-11(14)7-10/h4-7,9H,8H2,1-3H3,(H,15,17). The van der Waals surface area contributed by atoms with Gasteiger partial charge in [-0.1, -0.05) is 6.07 Å². The molecule has 0 heterocycles. The molecule has 0 saturated heterocycles. The fourth-order valence-corrected chi connectivity index (χ4v) is 1.50. The molecule has 2 amide bonds. The predicted octanol–water partition coefficient (Wildman–Crippen LogP) is 1.42. The van der Waals surface area contributed by atoms with E-state index in [2.05, 4.69) is 5.32 Å². The van der Waals surface area contributed by atoms with Crippen LogP contribution < -0.4 is 5.32 Å². The summed E-state index contributed by atoms with van der Waals surface area (Å²) in [6, 6.07) is 5.42. The van der Waals surface area contributed by atoms with Gasteiger partial charge in [-0.05, 0) is 32.0 Å². The first kappa shape index (κ1) is 14.2. The lowest BCUT2D eigenvalue weighted by atomic mass is 10.2. The summed E-state index contributed by atoms with van der Waals surface area (Å²) in [5.41, 5.74) is 0.231. The van der Waals surface area contributed by atoms with Gasteiger partial charge in [-0.15, -0.1) is 0 Å². The van der Waals surface area contributed by atoms with Gasteiger partial charge in [0.2, 0.25) is 5.91 Å². The van der Waals surface area contributed by atoms with E-state index in [0.717, 1.165) is 6.07 Å². The minimum absolute atomic E-state index is 0.0233. The molecule has 0 saturated carbocycles. The Morgan fingerprint density at radius 3 is 2.61 bits per heavy atom. The molecule has 4 nitrogen and oxygen atoms in total. The molecule has 0 aromatic heterocycles. The minimum atomic E-state index is -0.471. The van der Waals surface area contributed by atoms with E-state index in [1.807, 2.05) is 13.8 Å². The molecule has 18 heavy (non-hydrogen) atoms. The average molecular weight is 252 g/mol. The summed E-state index contributed by atoms with van der Waals surface area (Å²) in [5, 5.41) is 2.68. The van der Waals surface area contributed by atoms with Crippen LogP contribution in [0.5, 0.6) is 0 Å². The highest BCUT2D eigenvalue weighted by Crippen LogP contribution is 2.06. The summed E-state index contributed by atoms with van der Waals surface area (Å²) >= 11 is 0. The van der Waals surface area contributed by atoms with Crippen LogP contribution in [0.1, 0.15) is 24.2 Å². The smallest absolute Gasteiger partial charge is 0.254 e. The third-order valence-corrected chi connectivity index (χ3v) is 2.25. The van der Waals surface area contributed by atoms with E-state index >= 15 is 0 Å². The van der Waals surface area contributed by atoms with E-state index < -0.39 is 5.82 Å². The molecular weight excluding hydrogens is 235 g/mol. The van der Waals surface area contributed by atoms with E-state index in [9.17, 15) is 14.0 Å². The Hall–Kier alpha value is -1.91. The van der Waals surface area contributed by atoms with E-state index in [4.69, 9.17) is 0 Å². The van der Waals surface area contributed by atoms with Crippen molar-refractivity contribution in [3.63, 3.8) is 0 Å². The van der Waals surface area contributed by atoms with Gasteiger partial charge in [0.15, 0.2) is 0 Å². The monoisotopic (exact) mass is 252 g/mol. The number of amides is 2. The van der Waals surface area contributed by atoms with Crippen LogP contribution in [0.25, 0.3) is 0 Å². The molecule has 0 aliphatic carbocycles. The average Bonchev–Trinajstić information content (AvgIpc) is 2.26. The molecule has 0 atom stereocenters. The molecule has 0 fully saturated rings. The van der Waals surface area contributed by atoms with Crippen molar-refractivity contribution >= 4 is 11.8 Å². The third-order valence-electron chi connectivity index (χ3n) is 2.25. The summed E-state index contributed by atoms with van der Waals surface area (Å²) in [6.07, 6.45) is 0. The number of likely N-dealkylation sites (N-methyl/N-ethyl adjacent to an activating group) is 1. The number of halogens is 1. The Balaban J connectivity index is 2.64. The maximum absolute atomic E-state index is 13.0. The van der Waals surface area contributed by atoms with Crippen molar-refractivity contribution in [3.8, 4) is 0 Å². The van der Waals surface area contributed by atoms with Gasteiger partial charge in [0.25, 0.3) is 5.91 Å². The molecule has 0 spiro atoms. The first-order valence-electron chi connectivity index (χ1n) is 5.70. The number of nitrogens with zero attached hydrogens (tertiary/aromatic N) is 1. The van der Waals surface area contributed by atoms with Crippen molar-refractivity contribution < 1.29 is 14.0 Å². The number of benzene rings is 1. The van der Waals surface area contributed by atoms with Crippen LogP contribution in [-0.4, -0.2) is 36.3 Å². The molecule has 0 aliphatic rings. The van der Waals surface area contributed by atoms with Crippen LogP contribution in [0, 0.1) is 5.82 Å². The Morgan fingerprint density at radius 1 is 1.39 bits per heavy atom. The molecule has 0 aliphatic heterocycles. The number of nitrogens with one attached hydrogen (secondary N) is 1. The second-order valence-corrected chi connectivity index (χ2v) is 4.39. The quantitative estimate of drug-likeness (QED) is 0.881. The summed E-state index contributed by atoms with van der Waals surface area (Å²) in [5.74, 6) is -1.09. The molecule has 1 rings (SSSR count). The first-order chi connectivity index (χ1) is 8.40. The predicted molar refractivity (Wildman–Crippen MR) is 66.6 cm³/mol. The normalized spacial score (nSPS) is 10.3. The Morgan fingerprint density at radius 2 is 2.06 bits per heavy atom. The van der Waals surface area contributed by atoms with Crippen LogP contribution in [-0.2, 0) is 4.79 Å². The van der Waals surface area contributed by atoms with Gasteiger partial charge in [0.05, 0.1) is 6.54 Å². The molecule has 0 bridgehead atoms. The van der Waals surface area contributed by atoms with E-state index in [1.54, 1.807) is 0 Å². The summed E-state index contributed by atoms with van der Waals surface area (Å²) in [4.78, 5) is 24.6. The number of carbonyl (C=O) groups is 2. The van der Waals surface area contributed by atoms with Gasteiger partial charge in [-0.3, -0.25) is 9.59 Å². The molecular formula is C13H17FN2O2. The molecule has 1 aromatic rings. The van der Waals surface area contributed by atoms with E-state index in [1.165, 1.54) is 30.1 Å². The Labute approximate surface area is 106 Å². The van der Waals surface area contributed by atoms with Gasteiger partial charge in [-0.25, -0.2) is 4.39 Å². The van der Waals surface area contributed by atoms with Crippen molar-refractivity contribution in [1.82, 2.24) is 10.2 Å². The lowest BCUT2D eigenvalue weighted by Gasteiger charge is -2.17. The number of carbonyl (C=O) groups excluding carboxylic acids is 2. The third kappa shape index (κ3) is 4.16. The second-order valence-electron chi connectivity index (χ2n) is 4.39. The maximum Gasteiger partial charge on any atom is 0.254 e. The number of hydrogen-bond donors (Lipinski definition) is 1. The largest absolute Gasteiger partial charge is 0.352 e. The van der Waals surface area contributed by atoms with Crippen LogP contribution >= 0.6 is 0 Å². The van der Waals surface area contributed by atoms with Crippen LogP contribution in [0.3, 0.4) is 0 Å². The summed E-state index contributed by atoms with van der Waals surface area (Å²) in [6.45, 7) is 3.63. The fourth-order valence-electron chi connectivity index (χ4n) is 1.50. The Bertz CT molecular complexity index is 446. The first-order valence-corrected chi connectivity index (χ1v) is 5.70. The van der Waals surface area contributed by atoms with Gasteiger partial charge < -0.3 is 10.2 Å². The van der Waals surface area contributed by atoms with Gasteiger partial charge in [-0.2, -0.15) is 0 Å². The van der Waals surface area contributed by atoms with Gasteiger partial charge in [0.1, 0.15) is 5.82 Å². The van der Waals surface area contributed by atoms with Crippen molar-refractivity contribution in [2.75, 3.05) is 13.6 Å². The van der Waals surface area contributed by atoms with Crippen molar-refractivity contribution in [2.45, 2.75) is 19.9 Å². The molecule has 5 heteroatoms. The second kappa shape index (κ2) is 6.14. The molecule has 1 N–H and O–H groups in total. The molecule has 0 radical (unpaired) electrons. The molecule has 98 valence electrons. The van der Waals surface area contributed by atoms with Crippen LogP contribution in [0.15, 0.2) is 24.3 Å². The zero-order chi connectivity index (χ0) is 13.7. The topological polar surface area (TPSA) is 49.4 Å². The van der Waals surface area contributed by atoms with E-state index in [0.29, 0.717) is 0 Å². The maximum atomic E-state index is 13.0. The summed E-state index contributed by atoms with van der Waals surface area (Å²) in [7, 11) is 1.51. The Kier molecular flexibility index (Phi) is 4.83. The number of hydrogen-bond acceptors (Lipinski definition) is 2. The number of rotatable bonds is 4. The van der Waals surface area contributed by atoms with Crippen molar-refractivity contribution in [3.05, 3.63) is 35.6 Å². The highest BCUT2D eigenvalue weighted by atomic mass is 19.1. The summed E-state index contributed by atoms with van der Waals surface area (Å²) < 4.78 is 13.0.